The molecule has 7 nitrogen and oxygen atoms in total. The van der Waals surface area contributed by atoms with Crippen LogP contribution in [-0.2, 0) is 9.84 Å². The Morgan fingerprint density at radius 1 is 1.06 bits per heavy atom. The first-order chi connectivity index (χ1) is 14.9. The number of hydrogen-bond donors (Lipinski definition) is 1. The van der Waals surface area contributed by atoms with Crippen molar-refractivity contribution >= 4 is 37.5 Å². The summed E-state index contributed by atoms with van der Waals surface area (Å²) in [4.78, 5) is 14.7. The second-order valence-electron chi connectivity index (χ2n) is 8.07. The van der Waals surface area contributed by atoms with Gasteiger partial charge in [-0.05, 0) is 60.7 Å². The lowest BCUT2D eigenvalue weighted by molar-refractivity contribution is 0.415. The third-order valence-corrected chi connectivity index (χ3v) is 7.28. The molecule has 0 aliphatic carbocycles. The van der Waals surface area contributed by atoms with Crippen LogP contribution in [0.4, 0.5) is 5.82 Å². The molecule has 0 spiro atoms. The van der Waals surface area contributed by atoms with Crippen molar-refractivity contribution in [2.45, 2.75) is 23.7 Å². The van der Waals surface area contributed by atoms with Crippen molar-refractivity contribution in [3.63, 3.8) is 0 Å². The minimum absolute atomic E-state index is 0.290. The lowest BCUT2D eigenvalue weighted by Crippen LogP contribution is -2.33. The molecule has 1 fully saturated rings. The van der Waals surface area contributed by atoms with Crippen LogP contribution in [0.3, 0.4) is 0 Å². The zero-order chi connectivity index (χ0) is 21.6. The molecule has 1 aliphatic heterocycles. The summed E-state index contributed by atoms with van der Waals surface area (Å²) in [5, 5.41) is 1.99. The van der Waals surface area contributed by atoms with Crippen molar-refractivity contribution in [3.05, 3.63) is 54.5 Å². The summed E-state index contributed by atoms with van der Waals surface area (Å²) in [5.41, 5.74) is 3.19. The number of ether oxygens (including phenoxy) is 1. The standard InChI is InChI=1S/C23H24N4O3S/c1-30-16-3-5-21-18(11-16)20(13-24-21)15-7-9-27(10-8-15)23-19-12-17(31(2,28)29)4-6-22(19)25-14-26-23/h3-6,11-15,24H,7-10H2,1-2H3. The number of aromatic amines is 1. The van der Waals surface area contributed by atoms with Gasteiger partial charge in [0, 0.05) is 41.8 Å². The molecule has 0 radical (unpaired) electrons. The van der Waals surface area contributed by atoms with Gasteiger partial charge in [-0.25, -0.2) is 18.4 Å². The highest BCUT2D eigenvalue weighted by molar-refractivity contribution is 7.90. The van der Waals surface area contributed by atoms with Gasteiger partial charge < -0.3 is 14.6 Å². The van der Waals surface area contributed by atoms with Gasteiger partial charge in [0.05, 0.1) is 17.5 Å². The lowest BCUT2D eigenvalue weighted by Gasteiger charge is -2.33. The highest BCUT2D eigenvalue weighted by atomic mass is 32.2. The summed E-state index contributed by atoms with van der Waals surface area (Å²) < 4.78 is 29.5. The van der Waals surface area contributed by atoms with E-state index in [4.69, 9.17) is 4.74 Å². The molecule has 4 aromatic rings. The van der Waals surface area contributed by atoms with Gasteiger partial charge in [-0.1, -0.05) is 0 Å². The Hall–Kier alpha value is -3.13. The smallest absolute Gasteiger partial charge is 0.175 e. The molecule has 2 aromatic carbocycles. The lowest BCUT2D eigenvalue weighted by atomic mass is 9.89. The second kappa shape index (κ2) is 7.53. The van der Waals surface area contributed by atoms with Crippen LogP contribution in [0.15, 0.2) is 53.8 Å². The van der Waals surface area contributed by atoms with E-state index >= 15 is 0 Å². The number of aromatic nitrogens is 3. The van der Waals surface area contributed by atoms with Crippen molar-refractivity contribution in [2.75, 3.05) is 31.4 Å². The number of sulfone groups is 1. The number of nitrogens with one attached hydrogen (secondary N) is 1. The third kappa shape index (κ3) is 3.61. The summed E-state index contributed by atoms with van der Waals surface area (Å²) in [6, 6.07) is 11.2. The van der Waals surface area contributed by atoms with Crippen LogP contribution < -0.4 is 9.64 Å². The number of anilines is 1. The van der Waals surface area contributed by atoms with Gasteiger partial charge in [-0.2, -0.15) is 0 Å². The molecule has 1 saturated heterocycles. The molecule has 2 aromatic heterocycles. The summed E-state index contributed by atoms with van der Waals surface area (Å²) in [6.07, 6.45) is 6.86. The summed E-state index contributed by atoms with van der Waals surface area (Å²) in [7, 11) is -1.61. The molecule has 0 atom stereocenters. The Bertz CT molecular complexity index is 1370. The quantitative estimate of drug-likeness (QED) is 0.522. The Labute approximate surface area is 181 Å². The number of H-pyrrole nitrogens is 1. The van der Waals surface area contributed by atoms with Crippen molar-refractivity contribution < 1.29 is 13.2 Å². The molecule has 3 heterocycles. The highest BCUT2D eigenvalue weighted by Gasteiger charge is 2.25. The molecule has 160 valence electrons. The predicted molar refractivity (Wildman–Crippen MR) is 122 cm³/mol. The van der Waals surface area contributed by atoms with Gasteiger partial charge in [0.2, 0.25) is 0 Å². The van der Waals surface area contributed by atoms with Crippen LogP contribution in [0.5, 0.6) is 5.75 Å². The van der Waals surface area contributed by atoms with Crippen molar-refractivity contribution in [2.24, 2.45) is 0 Å². The topological polar surface area (TPSA) is 88.2 Å². The van der Waals surface area contributed by atoms with Gasteiger partial charge >= 0.3 is 0 Å². The number of rotatable bonds is 4. The number of fused-ring (bicyclic) bond motifs is 2. The van der Waals surface area contributed by atoms with Gasteiger partial charge in [0.15, 0.2) is 9.84 Å². The number of methoxy groups -OCH3 is 1. The SMILES string of the molecule is COc1ccc2[nH]cc(C3CCN(c4ncnc5ccc(S(C)(=O)=O)cc45)CC3)c2c1. The third-order valence-electron chi connectivity index (χ3n) is 6.17. The van der Waals surface area contributed by atoms with E-state index in [2.05, 4.69) is 38.2 Å². The van der Waals surface area contributed by atoms with E-state index < -0.39 is 9.84 Å². The normalized spacial score (nSPS) is 15.6. The maximum atomic E-state index is 12.0. The zero-order valence-corrected chi connectivity index (χ0v) is 18.3. The minimum Gasteiger partial charge on any atom is -0.497 e. The van der Waals surface area contributed by atoms with Crippen LogP contribution in [0.1, 0.15) is 24.3 Å². The van der Waals surface area contributed by atoms with Crippen LogP contribution in [0, 0.1) is 0 Å². The molecular formula is C23H24N4O3S. The number of hydrogen-bond acceptors (Lipinski definition) is 6. The number of piperidine rings is 1. The Balaban J connectivity index is 1.43. The Morgan fingerprint density at radius 2 is 1.87 bits per heavy atom. The van der Waals surface area contributed by atoms with Crippen LogP contribution in [0.2, 0.25) is 0 Å². The molecular weight excluding hydrogens is 412 g/mol. The van der Waals surface area contributed by atoms with Gasteiger partial charge in [0.25, 0.3) is 0 Å². The van der Waals surface area contributed by atoms with Crippen molar-refractivity contribution in [3.8, 4) is 5.75 Å². The minimum atomic E-state index is -3.29. The van der Waals surface area contributed by atoms with Crippen LogP contribution >= 0.6 is 0 Å². The van der Waals surface area contributed by atoms with Gasteiger partial charge in [-0.3, -0.25) is 0 Å². The van der Waals surface area contributed by atoms with Crippen LogP contribution in [0.25, 0.3) is 21.8 Å². The van der Waals surface area contributed by atoms with Crippen molar-refractivity contribution in [1.29, 1.82) is 0 Å². The molecule has 0 saturated carbocycles. The highest BCUT2D eigenvalue weighted by Crippen LogP contribution is 2.36. The van der Waals surface area contributed by atoms with E-state index in [0.717, 1.165) is 53.9 Å². The van der Waals surface area contributed by atoms with Gasteiger partial charge in [0.1, 0.15) is 17.9 Å². The fraction of sp³-hybridized carbons (Fsp3) is 0.304. The average Bonchev–Trinajstić information content (AvgIpc) is 3.21. The van der Waals surface area contributed by atoms with Crippen LogP contribution in [-0.4, -0.2) is 49.8 Å². The Morgan fingerprint density at radius 3 is 2.61 bits per heavy atom. The fourth-order valence-electron chi connectivity index (χ4n) is 4.49. The monoisotopic (exact) mass is 436 g/mol. The molecule has 8 heteroatoms. The van der Waals surface area contributed by atoms with E-state index in [9.17, 15) is 8.42 Å². The first-order valence-corrected chi connectivity index (χ1v) is 12.2. The second-order valence-corrected chi connectivity index (χ2v) is 10.1. The van der Waals surface area contributed by atoms with E-state index in [0.29, 0.717) is 10.8 Å². The predicted octanol–water partition coefficient (Wildman–Crippen LogP) is 3.91. The van der Waals surface area contributed by atoms with E-state index in [1.165, 1.54) is 17.2 Å². The van der Waals surface area contributed by atoms with E-state index in [-0.39, 0.29) is 0 Å². The van der Waals surface area contributed by atoms with Crippen molar-refractivity contribution in [1.82, 2.24) is 15.0 Å². The summed E-state index contributed by atoms with van der Waals surface area (Å²) in [5.74, 6) is 2.10. The van der Waals surface area contributed by atoms with Gasteiger partial charge in [-0.15, -0.1) is 0 Å². The number of benzene rings is 2. The molecule has 0 amide bonds. The average molecular weight is 437 g/mol. The molecule has 1 aliphatic rings. The number of nitrogens with zero attached hydrogens (tertiary/aromatic N) is 3. The Kier molecular flexibility index (Phi) is 4.81. The maximum absolute atomic E-state index is 12.0. The fourth-order valence-corrected chi connectivity index (χ4v) is 5.14. The largest absolute Gasteiger partial charge is 0.497 e. The summed E-state index contributed by atoms with van der Waals surface area (Å²) in [6.45, 7) is 1.69. The first kappa shape index (κ1) is 19.8. The maximum Gasteiger partial charge on any atom is 0.175 e. The molecule has 31 heavy (non-hydrogen) atoms. The molecule has 0 unspecified atom stereocenters. The molecule has 5 rings (SSSR count). The molecule has 1 N–H and O–H groups in total. The summed E-state index contributed by atoms with van der Waals surface area (Å²) >= 11 is 0. The molecule has 0 bridgehead atoms. The van der Waals surface area contributed by atoms with E-state index in [1.807, 2.05) is 6.07 Å². The van der Waals surface area contributed by atoms with E-state index in [1.54, 1.807) is 31.6 Å². The zero-order valence-electron chi connectivity index (χ0n) is 17.5. The first-order valence-electron chi connectivity index (χ1n) is 10.3.